The summed E-state index contributed by atoms with van der Waals surface area (Å²) in [6.07, 6.45) is -2.65. The summed E-state index contributed by atoms with van der Waals surface area (Å²) in [6.45, 7) is 3.66. The van der Waals surface area contributed by atoms with E-state index in [9.17, 15) is 18.0 Å². The summed E-state index contributed by atoms with van der Waals surface area (Å²) in [6, 6.07) is 10.5. The molecule has 0 aliphatic heterocycles. The molecule has 2 aromatic rings. The van der Waals surface area contributed by atoms with E-state index in [0.717, 1.165) is 0 Å². The first-order valence-corrected chi connectivity index (χ1v) is 8.00. The van der Waals surface area contributed by atoms with Gasteiger partial charge in [0.15, 0.2) is 0 Å². The van der Waals surface area contributed by atoms with E-state index in [-0.39, 0.29) is 18.2 Å². The standard InChI is InChI=1S/C19H19F3N2O2/c1-13(2)26-18-15(9-6-10-23-18)12-24-17(25)11-16(19(20,21)22)14-7-4-3-5-8-14/h3-11,13H,12H2,1-2H3,(H,24,25)/b16-11-. The SMILES string of the molecule is CC(C)Oc1ncccc1CNC(=O)/C=C(/c1ccccc1)C(F)(F)F. The third kappa shape index (κ3) is 5.61. The number of benzene rings is 1. The molecule has 1 aromatic carbocycles. The van der Waals surface area contributed by atoms with Crippen LogP contribution in [0.1, 0.15) is 25.0 Å². The molecule has 26 heavy (non-hydrogen) atoms. The van der Waals surface area contributed by atoms with Gasteiger partial charge in [-0.05, 0) is 25.5 Å². The fourth-order valence-corrected chi connectivity index (χ4v) is 2.20. The Balaban J connectivity index is 2.15. The molecule has 0 unspecified atom stereocenters. The maximum atomic E-state index is 13.3. The first kappa shape index (κ1) is 19.5. The number of aromatic nitrogens is 1. The molecule has 1 aromatic heterocycles. The number of pyridine rings is 1. The lowest BCUT2D eigenvalue weighted by Crippen LogP contribution is -2.23. The van der Waals surface area contributed by atoms with Gasteiger partial charge in [-0.15, -0.1) is 0 Å². The van der Waals surface area contributed by atoms with Gasteiger partial charge in [0, 0.05) is 24.4 Å². The highest BCUT2D eigenvalue weighted by atomic mass is 19.4. The Labute approximate surface area is 149 Å². The number of alkyl halides is 3. The molecule has 0 aliphatic carbocycles. The minimum atomic E-state index is -4.64. The molecular weight excluding hydrogens is 345 g/mol. The lowest BCUT2D eigenvalue weighted by atomic mass is 10.1. The number of rotatable bonds is 6. The van der Waals surface area contributed by atoms with Crippen molar-refractivity contribution in [3.05, 3.63) is 65.9 Å². The van der Waals surface area contributed by atoms with Crippen LogP contribution in [0.2, 0.25) is 0 Å². The highest BCUT2D eigenvalue weighted by Crippen LogP contribution is 2.33. The predicted octanol–water partition coefficient (Wildman–Crippen LogP) is 4.13. The Bertz CT molecular complexity index is 772. The molecule has 138 valence electrons. The van der Waals surface area contributed by atoms with Crippen LogP contribution in [0.15, 0.2) is 54.7 Å². The van der Waals surface area contributed by atoms with Gasteiger partial charge in [0.25, 0.3) is 0 Å². The third-order valence-corrected chi connectivity index (χ3v) is 3.32. The van der Waals surface area contributed by atoms with E-state index in [0.29, 0.717) is 17.5 Å². The lowest BCUT2D eigenvalue weighted by Gasteiger charge is -2.14. The van der Waals surface area contributed by atoms with Crippen LogP contribution in [0.3, 0.4) is 0 Å². The minimum Gasteiger partial charge on any atom is -0.475 e. The molecule has 0 radical (unpaired) electrons. The number of amides is 1. The largest absolute Gasteiger partial charge is 0.475 e. The molecule has 1 amide bonds. The van der Waals surface area contributed by atoms with Gasteiger partial charge in [-0.1, -0.05) is 36.4 Å². The Hall–Kier alpha value is -2.83. The normalized spacial score (nSPS) is 12.2. The first-order valence-electron chi connectivity index (χ1n) is 8.00. The van der Waals surface area contributed by atoms with Gasteiger partial charge >= 0.3 is 6.18 Å². The summed E-state index contributed by atoms with van der Waals surface area (Å²) in [7, 11) is 0. The summed E-state index contributed by atoms with van der Waals surface area (Å²) in [5, 5.41) is 2.45. The highest BCUT2D eigenvalue weighted by Gasteiger charge is 2.35. The molecular formula is C19H19F3N2O2. The number of hydrogen-bond acceptors (Lipinski definition) is 3. The number of carbonyl (C=O) groups is 1. The van der Waals surface area contributed by atoms with Crippen molar-refractivity contribution in [2.75, 3.05) is 0 Å². The van der Waals surface area contributed by atoms with Gasteiger partial charge in [-0.3, -0.25) is 4.79 Å². The van der Waals surface area contributed by atoms with Crippen molar-refractivity contribution < 1.29 is 22.7 Å². The van der Waals surface area contributed by atoms with Crippen molar-refractivity contribution in [3.63, 3.8) is 0 Å². The zero-order valence-corrected chi connectivity index (χ0v) is 14.4. The molecule has 0 fully saturated rings. The Kier molecular flexibility index (Phi) is 6.38. The van der Waals surface area contributed by atoms with Crippen LogP contribution in [0.4, 0.5) is 13.2 Å². The smallest absolute Gasteiger partial charge is 0.417 e. The van der Waals surface area contributed by atoms with Crippen molar-refractivity contribution in [2.24, 2.45) is 0 Å². The van der Waals surface area contributed by atoms with E-state index in [1.165, 1.54) is 24.3 Å². The molecule has 1 heterocycles. The summed E-state index contributed by atoms with van der Waals surface area (Å²) < 4.78 is 45.3. The quantitative estimate of drug-likeness (QED) is 0.784. The fraction of sp³-hybridized carbons (Fsp3) is 0.263. The van der Waals surface area contributed by atoms with E-state index in [1.807, 2.05) is 13.8 Å². The Morgan fingerprint density at radius 2 is 1.88 bits per heavy atom. The van der Waals surface area contributed by atoms with E-state index in [2.05, 4.69) is 10.3 Å². The van der Waals surface area contributed by atoms with E-state index in [4.69, 9.17) is 4.74 Å². The molecule has 1 N–H and O–H groups in total. The van der Waals surface area contributed by atoms with E-state index in [1.54, 1.807) is 24.4 Å². The summed E-state index contributed by atoms with van der Waals surface area (Å²) >= 11 is 0. The Morgan fingerprint density at radius 1 is 1.19 bits per heavy atom. The van der Waals surface area contributed by atoms with Crippen LogP contribution in [0, 0.1) is 0 Å². The average molecular weight is 364 g/mol. The van der Waals surface area contributed by atoms with Crippen LogP contribution in [0.5, 0.6) is 5.88 Å². The van der Waals surface area contributed by atoms with Gasteiger partial charge < -0.3 is 10.1 Å². The van der Waals surface area contributed by atoms with Crippen molar-refractivity contribution in [1.29, 1.82) is 0 Å². The second-order valence-corrected chi connectivity index (χ2v) is 5.77. The number of halogens is 3. The van der Waals surface area contributed by atoms with Gasteiger partial charge in [0.05, 0.1) is 11.7 Å². The van der Waals surface area contributed by atoms with Crippen LogP contribution >= 0.6 is 0 Å². The fourth-order valence-electron chi connectivity index (χ4n) is 2.20. The number of ether oxygens (including phenoxy) is 1. The topological polar surface area (TPSA) is 51.2 Å². The second-order valence-electron chi connectivity index (χ2n) is 5.77. The van der Waals surface area contributed by atoms with E-state index >= 15 is 0 Å². The summed E-state index contributed by atoms with van der Waals surface area (Å²) in [5.74, 6) is -0.508. The molecule has 2 rings (SSSR count). The van der Waals surface area contributed by atoms with Crippen molar-refractivity contribution in [2.45, 2.75) is 32.7 Å². The molecule has 0 atom stereocenters. The first-order chi connectivity index (χ1) is 12.3. The number of carbonyl (C=O) groups excluding carboxylic acids is 1. The third-order valence-electron chi connectivity index (χ3n) is 3.32. The number of hydrogen-bond donors (Lipinski definition) is 1. The molecule has 7 heteroatoms. The Morgan fingerprint density at radius 3 is 2.50 bits per heavy atom. The highest BCUT2D eigenvalue weighted by molar-refractivity contribution is 5.96. The van der Waals surface area contributed by atoms with Crippen molar-refractivity contribution >= 4 is 11.5 Å². The van der Waals surface area contributed by atoms with Gasteiger partial charge in [0.1, 0.15) is 0 Å². The number of nitrogens with zero attached hydrogens (tertiary/aromatic N) is 1. The predicted molar refractivity (Wildman–Crippen MR) is 92.3 cm³/mol. The monoisotopic (exact) mass is 364 g/mol. The van der Waals surface area contributed by atoms with E-state index < -0.39 is 17.7 Å². The average Bonchev–Trinajstić information content (AvgIpc) is 2.58. The maximum Gasteiger partial charge on any atom is 0.417 e. The second kappa shape index (κ2) is 8.51. The maximum absolute atomic E-state index is 13.3. The van der Waals surface area contributed by atoms with Crippen LogP contribution < -0.4 is 10.1 Å². The molecule has 0 aliphatic rings. The number of nitrogens with one attached hydrogen (secondary N) is 1. The molecule has 0 saturated carbocycles. The molecule has 0 spiro atoms. The lowest BCUT2D eigenvalue weighted by molar-refractivity contribution is -0.117. The van der Waals surface area contributed by atoms with Crippen LogP contribution in [-0.2, 0) is 11.3 Å². The van der Waals surface area contributed by atoms with Gasteiger partial charge in [-0.2, -0.15) is 13.2 Å². The summed E-state index contributed by atoms with van der Waals surface area (Å²) in [5.41, 5.74) is -0.489. The molecule has 0 bridgehead atoms. The molecule has 4 nitrogen and oxygen atoms in total. The summed E-state index contributed by atoms with van der Waals surface area (Å²) in [4.78, 5) is 16.1. The zero-order chi connectivity index (χ0) is 19.2. The van der Waals surface area contributed by atoms with Gasteiger partial charge in [0.2, 0.25) is 11.8 Å². The molecule has 0 saturated heterocycles. The van der Waals surface area contributed by atoms with Crippen molar-refractivity contribution in [3.8, 4) is 5.88 Å². The van der Waals surface area contributed by atoms with Gasteiger partial charge in [-0.25, -0.2) is 4.98 Å². The van der Waals surface area contributed by atoms with Crippen LogP contribution in [-0.4, -0.2) is 23.2 Å². The van der Waals surface area contributed by atoms with Crippen molar-refractivity contribution in [1.82, 2.24) is 10.3 Å². The zero-order valence-electron chi connectivity index (χ0n) is 14.4. The van der Waals surface area contributed by atoms with Crippen LogP contribution in [0.25, 0.3) is 5.57 Å². The minimum absolute atomic E-state index is 0.00511. The number of allylic oxidation sites excluding steroid dienone is 1.